The summed E-state index contributed by atoms with van der Waals surface area (Å²) in [6, 6.07) is 17.6. The highest BCUT2D eigenvalue weighted by Crippen LogP contribution is 2.60. The maximum absolute atomic E-state index is 13.2. The number of aryl methyl sites for hydroxylation is 1. The minimum Gasteiger partial charge on any atom is -0.326 e. The topological polar surface area (TPSA) is 58.2 Å². The lowest BCUT2D eigenvalue weighted by atomic mass is 9.49. The van der Waals surface area contributed by atoms with Gasteiger partial charge in [-0.15, -0.1) is 0 Å². The zero-order valence-corrected chi connectivity index (χ0v) is 17.4. The summed E-state index contributed by atoms with van der Waals surface area (Å²) in [5.74, 6) is 2.49. The fraction of sp³-hybridized carbons (Fsp3) is 0.462. The van der Waals surface area contributed by atoms with Crippen molar-refractivity contribution in [3.05, 3.63) is 60.2 Å². The van der Waals surface area contributed by atoms with Crippen LogP contribution in [0.2, 0.25) is 0 Å². The minimum atomic E-state index is -0.140. The molecule has 0 saturated heterocycles. The average Bonchev–Trinajstić information content (AvgIpc) is 2.73. The van der Waals surface area contributed by atoms with Crippen LogP contribution >= 0.6 is 0 Å². The second-order valence-electron chi connectivity index (χ2n) is 9.76. The van der Waals surface area contributed by atoms with Crippen molar-refractivity contribution in [2.24, 2.45) is 23.2 Å². The predicted molar refractivity (Wildman–Crippen MR) is 119 cm³/mol. The molecule has 0 heterocycles. The lowest BCUT2D eigenvalue weighted by molar-refractivity contribution is -0.140. The molecular formula is C26H30N2O2. The maximum atomic E-state index is 13.2. The third-order valence-electron chi connectivity index (χ3n) is 7.43. The molecular weight excluding hydrogens is 372 g/mol. The smallest absolute Gasteiger partial charge is 0.230 e. The predicted octanol–water partition coefficient (Wildman–Crippen LogP) is 5.41. The Labute approximate surface area is 178 Å². The molecule has 2 N–H and O–H groups in total. The number of carbonyl (C=O) groups excluding carboxylic acids is 2. The summed E-state index contributed by atoms with van der Waals surface area (Å²) >= 11 is 0. The molecule has 6 rings (SSSR count). The van der Waals surface area contributed by atoms with Gasteiger partial charge in [-0.2, -0.15) is 0 Å². The number of carbonyl (C=O) groups is 2. The molecule has 2 aromatic carbocycles. The standard InChI is InChI=1S/C26H30N2O2/c29-24(11-6-18-4-2-1-3-5-18)27-22-7-9-23(10-8-22)28-25(30)26-15-19-12-20(16-26)14-21(13-19)17-26/h1-5,7-10,19-21H,6,11-17H2,(H,27,29)(H,28,30). The van der Waals surface area contributed by atoms with E-state index in [0.29, 0.717) is 6.42 Å². The molecule has 4 bridgehead atoms. The van der Waals surface area contributed by atoms with Crippen LogP contribution in [0, 0.1) is 23.2 Å². The van der Waals surface area contributed by atoms with Crippen LogP contribution in [0.5, 0.6) is 0 Å². The first-order valence-electron chi connectivity index (χ1n) is 11.3. The normalized spacial score (nSPS) is 28.9. The molecule has 0 atom stereocenters. The van der Waals surface area contributed by atoms with Crippen LogP contribution in [0.15, 0.2) is 54.6 Å². The Morgan fingerprint density at radius 1 is 0.767 bits per heavy atom. The van der Waals surface area contributed by atoms with Gasteiger partial charge in [0.1, 0.15) is 0 Å². The van der Waals surface area contributed by atoms with Gasteiger partial charge in [0.25, 0.3) is 0 Å². The monoisotopic (exact) mass is 402 g/mol. The average molecular weight is 403 g/mol. The molecule has 4 saturated carbocycles. The molecule has 0 aliphatic heterocycles. The third kappa shape index (κ3) is 4.00. The van der Waals surface area contributed by atoms with E-state index in [1.165, 1.54) is 19.3 Å². The molecule has 2 amide bonds. The minimum absolute atomic E-state index is 0.00389. The van der Waals surface area contributed by atoms with Crippen LogP contribution in [0.4, 0.5) is 11.4 Å². The van der Waals surface area contributed by atoms with Crippen molar-refractivity contribution in [1.29, 1.82) is 0 Å². The van der Waals surface area contributed by atoms with Crippen LogP contribution in [-0.4, -0.2) is 11.8 Å². The van der Waals surface area contributed by atoms with Crippen LogP contribution in [0.3, 0.4) is 0 Å². The van der Waals surface area contributed by atoms with Crippen molar-refractivity contribution in [1.82, 2.24) is 0 Å². The highest BCUT2D eigenvalue weighted by atomic mass is 16.2. The molecule has 4 nitrogen and oxygen atoms in total. The van der Waals surface area contributed by atoms with Crippen LogP contribution < -0.4 is 10.6 Å². The number of benzene rings is 2. The second-order valence-corrected chi connectivity index (χ2v) is 9.76. The molecule has 0 unspecified atom stereocenters. The molecule has 4 aliphatic rings. The maximum Gasteiger partial charge on any atom is 0.230 e. The summed E-state index contributed by atoms with van der Waals surface area (Å²) in [6.45, 7) is 0. The van der Waals surface area contributed by atoms with E-state index in [2.05, 4.69) is 10.6 Å². The van der Waals surface area contributed by atoms with E-state index < -0.39 is 0 Å². The van der Waals surface area contributed by atoms with Gasteiger partial charge in [0.05, 0.1) is 5.41 Å². The first-order valence-corrected chi connectivity index (χ1v) is 11.3. The molecule has 0 spiro atoms. The number of anilines is 2. The fourth-order valence-corrected chi connectivity index (χ4v) is 6.42. The quantitative estimate of drug-likeness (QED) is 0.678. The first-order chi connectivity index (χ1) is 14.6. The van der Waals surface area contributed by atoms with Crippen molar-refractivity contribution < 1.29 is 9.59 Å². The first kappa shape index (κ1) is 19.3. The summed E-state index contributed by atoms with van der Waals surface area (Å²) in [6.07, 6.45) is 8.41. The van der Waals surface area contributed by atoms with Crippen molar-refractivity contribution in [3.63, 3.8) is 0 Å². The van der Waals surface area contributed by atoms with Gasteiger partial charge in [0.2, 0.25) is 11.8 Å². The Hall–Kier alpha value is -2.62. The lowest BCUT2D eigenvalue weighted by Gasteiger charge is -2.55. The van der Waals surface area contributed by atoms with Crippen LogP contribution in [0.25, 0.3) is 0 Å². The fourth-order valence-electron chi connectivity index (χ4n) is 6.42. The van der Waals surface area contributed by atoms with Crippen LogP contribution in [-0.2, 0) is 16.0 Å². The van der Waals surface area contributed by atoms with Gasteiger partial charge < -0.3 is 10.6 Å². The highest BCUT2D eigenvalue weighted by Gasteiger charge is 2.54. The van der Waals surface area contributed by atoms with E-state index in [1.807, 2.05) is 54.6 Å². The van der Waals surface area contributed by atoms with Gasteiger partial charge in [-0.05, 0) is 92.5 Å². The van der Waals surface area contributed by atoms with E-state index in [-0.39, 0.29) is 17.2 Å². The van der Waals surface area contributed by atoms with E-state index in [0.717, 1.165) is 60.4 Å². The van der Waals surface area contributed by atoms with Gasteiger partial charge in [-0.3, -0.25) is 9.59 Å². The Morgan fingerprint density at radius 3 is 1.87 bits per heavy atom. The molecule has 0 radical (unpaired) electrons. The Kier molecular flexibility index (Phi) is 5.10. The SMILES string of the molecule is O=C(CCc1ccccc1)Nc1ccc(NC(=O)C23CC4CC(CC(C4)C2)C3)cc1. The lowest BCUT2D eigenvalue weighted by Crippen LogP contribution is -2.51. The molecule has 4 aliphatic carbocycles. The van der Waals surface area contributed by atoms with Gasteiger partial charge in [-0.25, -0.2) is 0 Å². The molecule has 30 heavy (non-hydrogen) atoms. The Balaban J connectivity index is 1.15. The molecule has 4 fully saturated rings. The zero-order chi connectivity index (χ0) is 20.6. The van der Waals surface area contributed by atoms with Gasteiger partial charge in [0, 0.05) is 17.8 Å². The number of hydrogen-bond acceptors (Lipinski definition) is 2. The largest absolute Gasteiger partial charge is 0.326 e. The van der Waals surface area contributed by atoms with E-state index in [4.69, 9.17) is 0 Å². The van der Waals surface area contributed by atoms with Crippen LogP contribution in [0.1, 0.15) is 50.5 Å². The van der Waals surface area contributed by atoms with E-state index in [9.17, 15) is 9.59 Å². The highest BCUT2D eigenvalue weighted by molar-refractivity contribution is 5.96. The van der Waals surface area contributed by atoms with Crippen molar-refractivity contribution >= 4 is 23.2 Å². The number of hydrogen-bond donors (Lipinski definition) is 2. The molecule has 0 aromatic heterocycles. The van der Waals surface area contributed by atoms with Crippen molar-refractivity contribution in [2.75, 3.05) is 10.6 Å². The van der Waals surface area contributed by atoms with E-state index >= 15 is 0 Å². The number of amides is 2. The summed E-state index contributed by atoms with van der Waals surface area (Å²) in [7, 11) is 0. The summed E-state index contributed by atoms with van der Waals surface area (Å²) in [4.78, 5) is 25.4. The number of rotatable bonds is 6. The van der Waals surface area contributed by atoms with Crippen molar-refractivity contribution in [3.8, 4) is 0 Å². The second kappa shape index (κ2) is 7.90. The Morgan fingerprint density at radius 2 is 1.30 bits per heavy atom. The van der Waals surface area contributed by atoms with E-state index in [1.54, 1.807) is 0 Å². The molecule has 2 aromatic rings. The Bertz CT molecular complexity index is 885. The third-order valence-corrected chi connectivity index (χ3v) is 7.43. The molecule has 156 valence electrons. The van der Waals surface area contributed by atoms with Crippen molar-refractivity contribution in [2.45, 2.75) is 51.4 Å². The van der Waals surface area contributed by atoms with Gasteiger partial charge in [-0.1, -0.05) is 30.3 Å². The van der Waals surface area contributed by atoms with Gasteiger partial charge >= 0.3 is 0 Å². The zero-order valence-electron chi connectivity index (χ0n) is 17.4. The summed E-state index contributed by atoms with van der Waals surface area (Å²) in [5, 5.41) is 6.12. The molecule has 4 heteroatoms. The summed E-state index contributed by atoms with van der Waals surface area (Å²) < 4.78 is 0. The summed E-state index contributed by atoms with van der Waals surface area (Å²) in [5.41, 5.74) is 2.60. The number of nitrogens with one attached hydrogen (secondary N) is 2. The van der Waals surface area contributed by atoms with Gasteiger partial charge in [0.15, 0.2) is 0 Å².